The summed E-state index contributed by atoms with van der Waals surface area (Å²) in [5, 5.41) is 4.95. The summed E-state index contributed by atoms with van der Waals surface area (Å²) in [5.74, 6) is -0.0349. The van der Waals surface area contributed by atoms with E-state index in [9.17, 15) is 12.8 Å². The molecule has 0 spiro atoms. The van der Waals surface area contributed by atoms with Crippen LogP contribution in [-0.2, 0) is 21.9 Å². The highest BCUT2D eigenvalue weighted by atomic mass is 32.2. The van der Waals surface area contributed by atoms with E-state index < -0.39 is 10.0 Å². The second-order valence-corrected chi connectivity index (χ2v) is 11.7. The van der Waals surface area contributed by atoms with Crippen molar-refractivity contribution in [3.05, 3.63) is 59.5 Å². The molecular weight excluding hydrogens is 441 g/mol. The number of sulfonamides is 1. The average Bonchev–Trinajstić information content (AvgIpc) is 3.39. The second-order valence-electron chi connectivity index (χ2n) is 9.96. The van der Waals surface area contributed by atoms with Crippen LogP contribution in [-0.4, -0.2) is 44.7 Å². The highest BCUT2D eigenvalue weighted by Gasteiger charge is 2.25. The van der Waals surface area contributed by atoms with Crippen LogP contribution in [0.4, 0.5) is 4.39 Å². The van der Waals surface area contributed by atoms with Gasteiger partial charge in [0.15, 0.2) is 5.58 Å². The smallest absolute Gasteiger partial charge is 0.240 e. The van der Waals surface area contributed by atoms with Crippen molar-refractivity contribution in [3.63, 3.8) is 0 Å². The van der Waals surface area contributed by atoms with Crippen LogP contribution in [0.25, 0.3) is 11.0 Å². The molecule has 2 heterocycles. The third-order valence-electron chi connectivity index (χ3n) is 6.34. The minimum absolute atomic E-state index is 0.105. The number of nitrogens with one attached hydrogen (secondary N) is 1. The van der Waals surface area contributed by atoms with Gasteiger partial charge in [-0.25, -0.2) is 17.5 Å². The minimum Gasteiger partial charge on any atom is -0.356 e. The highest BCUT2D eigenvalue weighted by molar-refractivity contribution is 7.89. The van der Waals surface area contributed by atoms with Crippen molar-refractivity contribution >= 4 is 21.0 Å². The fraction of sp³-hybridized carbons (Fsp3) is 0.480. The van der Waals surface area contributed by atoms with Gasteiger partial charge in [0.25, 0.3) is 0 Å². The Morgan fingerprint density at radius 1 is 1.21 bits per heavy atom. The van der Waals surface area contributed by atoms with Crippen molar-refractivity contribution in [2.24, 2.45) is 5.92 Å². The first kappa shape index (κ1) is 23.9. The summed E-state index contributed by atoms with van der Waals surface area (Å²) in [6.07, 6.45) is 2.64. The first-order valence-electron chi connectivity index (χ1n) is 11.5. The van der Waals surface area contributed by atoms with Gasteiger partial charge >= 0.3 is 0 Å². The van der Waals surface area contributed by atoms with Crippen LogP contribution in [0.2, 0.25) is 0 Å². The van der Waals surface area contributed by atoms with E-state index in [0.29, 0.717) is 22.9 Å². The van der Waals surface area contributed by atoms with Gasteiger partial charge in [0.05, 0.1) is 10.6 Å². The molecule has 0 amide bonds. The summed E-state index contributed by atoms with van der Waals surface area (Å²) in [4.78, 5) is 2.69. The lowest BCUT2D eigenvalue weighted by atomic mass is 9.87. The molecule has 0 bridgehead atoms. The van der Waals surface area contributed by atoms with E-state index in [0.717, 1.165) is 55.5 Å². The van der Waals surface area contributed by atoms with Gasteiger partial charge < -0.3 is 9.42 Å². The van der Waals surface area contributed by atoms with Gasteiger partial charge in [-0.05, 0) is 73.5 Å². The van der Waals surface area contributed by atoms with Crippen LogP contribution in [0.5, 0.6) is 0 Å². The van der Waals surface area contributed by atoms with Gasteiger partial charge in [0.1, 0.15) is 5.82 Å². The summed E-state index contributed by atoms with van der Waals surface area (Å²) < 4.78 is 47.0. The van der Waals surface area contributed by atoms with Gasteiger partial charge in [0, 0.05) is 24.5 Å². The molecule has 1 aliphatic heterocycles. The largest absolute Gasteiger partial charge is 0.356 e. The van der Waals surface area contributed by atoms with Crippen molar-refractivity contribution in [2.45, 2.75) is 50.3 Å². The summed E-state index contributed by atoms with van der Waals surface area (Å²) in [7, 11) is -3.53. The number of fused-ring (bicyclic) bond motifs is 1. The molecule has 4 rings (SSSR count). The maximum absolute atomic E-state index is 13.3. The quantitative estimate of drug-likeness (QED) is 0.521. The van der Waals surface area contributed by atoms with E-state index in [4.69, 9.17) is 4.52 Å². The predicted molar refractivity (Wildman–Crippen MR) is 127 cm³/mol. The van der Waals surface area contributed by atoms with Gasteiger partial charge in [-0.3, -0.25) is 0 Å². The van der Waals surface area contributed by atoms with Crippen molar-refractivity contribution < 1.29 is 17.3 Å². The number of rotatable bonds is 8. The summed E-state index contributed by atoms with van der Waals surface area (Å²) in [6.45, 7) is 9.40. The lowest BCUT2D eigenvalue weighted by molar-refractivity contribution is 0.318. The zero-order valence-corrected chi connectivity index (χ0v) is 20.3. The third-order valence-corrected chi connectivity index (χ3v) is 7.76. The van der Waals surface area contributed by atoms with E-state index in [1.165, 1.54) is 12.1 Å². The monoisotopic (exact) mass is 473 g/mol. The molecule has 33 heavy (non-hydrogen) atoms. The van der Waals surface area contributed by atoms with Crippen LogP contribution < -0.4 is 4.72 Å². The zero-order chi connectivity index (χ0) is 23.6. The van der Waals surface area contributed by atoms with E-state index in [-0.39, 0.29) is 11.2 Å². The van der Waals surface area contributed by atoms with E-state index in [2.05, 4.69) is 35.5 Å². The Bertz CT molecular complexity index is 1220. The van der Waals surface area contributed by atoms with Crippen LogP contribution >= 0.6 is 0 Å². The lowest BCUT2D eigenvalue weighted by Crippen LogP contribution is -2.31. The number of hydrogen-bond acceptors (Lipinski definition) is 5. The third kappa shape index (κ3) is 5.80. The van der Waals surface area contributed by atoms with E-state index in [1.54, 1.807) is 24.3 Å². The summed E-state index contributed by atoms with van der Waals surface area (Å²) in [5.41, 5.74) is 2.23. The molecule has 3 aromatic rings. The number of halogens is 1. The Hall–Kier alpha value is -2.29. The number of hydrogen-bond donors (Lipinski definition) is 1. The molecule has 6 nitrogen and oxygen atoms in total. The molecule has 0 radical (unpaired) electrons. The molecule has 178 valence electrons. The number of likely N-dealkylation sites (tertiary alicyclic amines) is 1. The normalized spacial score (nSPS) is 17.8. The molecule has 8 heteroatoms. The van der Waals surface area contributed by atoms with Crippen LogP contribution in [0, 0.1) is 11.7 Å². The fourth-order valence-electron chi connectivity index (χ4n) is 4.34. The Labute approximate surface area is 195 Å². The van der Waals surface area contributed by atoms with E-state index in [1.807, 2.05) is 6.07 Å². The van der Waals surface area contributed by atoms with Gasteiger partial charge in [-0.15, -0.1) is 0 Å². The molecule has 2 aromatic carbocycles. The molecule has 1 fully saturated rings. The average molecular weight is 474 g/mol. The Morgan fingerprint density at radius 3 is 2.82 bits per heavy atom. The van der Waals surface area contributed by atoms with Gasteiger partial charge in [0.2, 0.25) is 10.0 Å². The molecule has 1 aromatic heterocycles. The first-order chi connectivity index (χ1) is 15.6. The molecule has 1 atom stereocenters. The SMILES string of the molecule is CC(C)(C)c1cccc(S(=O)(=O)NCC2CCN(CCCc3noc4cc(F)ccc34)C2)c1. The second kappa shape index (κ2) is 9.52. The van der Waals surface area contributed by atoms with Gasteiger partial charge in [-0.2, -0.15) is 0 Å². The Balaban J connectivity index is 1.25. The standard InChI is InChI=1S/C25H32FN3O3S/c1-25(2,3)19-6-4-7-21(14-19)33(30,31)27-16-18-11-13-29(17-18)12-5-8-23-22-10-9-20(26)15-24(22)32-28-23/h4,6-7,9-10,14-15,18,27H,5,8,11-13,16-17H2,1-3H3. The molecule has 0 aliphatic carbocycles. The van der Waals surface area contributed by atoms with Crippen molar-refractivity contribution in [3.8, 4) is 0 Å². The molecule has 1 unspecified atom stereocenters. The maximum Gasteiger partial charge on any atom is 0.240 e. The molecule has 1 N–H and O–H groups in total. The first-order valence-corrected chi connectivity index (χ1v) is 13.0. The van der Waals surface area contributed by atoms with Crippen molar-refractivity contribution in [1.82, 2.24) is 14.8 Å². The zero-order valence-electron chi connectivity index (χ0n) is 19.5. The van der Waals surface area contributed by atoms with Crippen LogP contribution in [0.3, 0.4) is 0 Å². The maximum atomic E-state index is 13.3. The van der Waals surface area contributed by atoms with Crippen molar-refractivity contribution in [1.29, 1.82) is 0 Å². The molecule has 1 saturated heterocycles. The van der Waals surface area contributed by atoms with Crippen LogP contribution in [0.15, 0.2) is 51.9 Å². The fourth-order valence-corrected chi connectivity index (χ4v) is 5.50. The highest BCUT2D eigenvalue weighted by Crippen LogP contribution is 2.25. The predicted octanol–water partition coefficient (Wildman–Crippen LogP) is 4.50. The van der Waals surface area contributed by atoms with Gasteiger partial charge in [-0.1, -0.05) is 38.1 Å². The van der Waals surface area contributed by atoms with E-state index >= 15 is 0 Å². The lowest BCUT2D eigenvalue weighted by Gasteiger charge is -2.20. The number of benzene rings is 2. The summed E-state index contributed by atoms with van der Waals surface area (Å²) >= 11 is 0. The number of nitrogens with zero attached hydrogens (tertiary/aromatic N) is 2. The minimum atomic E-state index is -3.53. The number of aromatic nitrogens is 1. The number of aryl methyl sites for hydroxylation is 1. The Morgan fingerprint density at radius 2 is 2.03 bits per heavy atom. The van der Waals surface area contributed by atoms with Crippen LogP contribution in [0.1, 0.15) is 44.9 Å². The Kier molecular flexibility index (Phi) is 6.88. The summed E-state index contributed by atoms with van der Waals surface area (Å²) in [6, 6.07) is 11.7. The molecule has 1 aliphatic rings. The molecule has 0 saturated carbocycles. The topological polar surface area (TPSA) is 75.4 Å². The molecular formula is C25H32FN3O3S. The van der Waals surface area contributed by atoms with Crippen molar-refractivity contribution in [2.75, 3.05) is 26.2 Å².